The van der Waals surface area contributed by atoms with Crippen molar-refractivity contribution in [1.29, 1.82) is 0 Å². The molecule has 0 unspecified atom stereocenters. The average Bonchev–Trinajstić information content (AvgIpc) is 2.60. The van der Waals surface area contributed by atoms with Crippen LogP contribution in [0.2, 0.25) is 0 Å². The van der Waals surface area contributed by atoms with Crippen LogP contribution in [0, 0.1) is 0 Å². The minimum absolute atomic E-state index is 0.323. The van der Waals surface area contributed by atoms with E-state index in [0.29, 0.717) is 5.92 Å². The van der Waals surface area contributed by atoms with Gasteiger partial charge in [0.1, 0.15) is 11.5 Å². The molecular formula is C19H20N2O2. The molecule has 0 spiro atoms. The number of methoxy groups -OCH3 is 2. The summed E-state index contributed by atoms with van der Waals surface area (Å²) in [4.78, 5) is 9.29. The Morgan fingerprint density at radius 3 is 2.22 bits per heavy atom. The van der Waals surface area contributed by atoms with Crippen molar-refractivity contribution in [3.05, 3.63) is 48.3 Å². The van der Waals surface area contributed by atoms with E-state index in [1.165, 1.54) is 0 Å². The molecule has 23 heavy (non-hydrogen) atoms. The molecule has 0 bridgehead atoms. The zero-order valence-corrected chi connectivity index (χ0v) is 13.8. The van der Waals surface area contributed by atoms with Crippen molar-refractivity contribution in [2.45, 2.75) is 19.8 Å². The summed E-state index contributed by atoms with van der Waals surface area (Å²) < 4.78 is 10.5. The Kier molecular flexibility index (Phi) is 4.15. The summed E-state index contributed by atoms with van der Waals surface area (Å²) in [6.45, 7) is 4.30. The van der Waals surface area contributed by atoms with Crippen LogP contribution in [-0.4, -0.2) is 24.2 Å². The van der Waals surface area contributed by atoms with Gasteiger partial charge in [-0.05, 0) is 47.7 Å². The molecule has 0 aliphatic heterocycles. The van der Waals surface area contributed by atoms with Gasteiger partial charge in [0.25, 0.3) is 0 Å². The number of ether oxygens (including phenoxy) is 2. The van der Waals surface area contributed by atoms with Gasteiger partial charge in [-0.2, -0.15) is 0 Å². The molecule has 0 saturated heterocycles. The van der Waals surface area contributed by atoms with Crippen LogP contribution in [0.4, 0.5) is 0 Å². The predicted molar refractivity (Wildman–Crippen MR) is 92.2 cm³/mol. The molecule has 0 aliphatic rings. The van der Waals surface area contributed by atoms with Gasteiger partial charge < -0.3 is 9.47 Å². The van der Waals surface area contributed by atoms with Crippen molar-refractivity contribution >= 4 is 10.8 Å². The fourth-order valence-electron chi connectivity index (χ4n) is 2.61. The van der Waals surface area contributed by atoms with E-state index >= 15 is 0 Å². The van der Waals surface area contributed by atoms with Gasteiger partial charge >= 0.3 is 0 Å². The van der Waals surface area contributed by atoms with Crippen molar-refractivity contribution in [2.75, 3.05) is 14.2 Å². The van der Waals surface area contributed by atoms with Gasteiger partial charge in [0.2, 0.25) is 0 Å². The van der Waals surface area contributed by atoms with Gasteiger partial charge in [-0.15, -0.1) is 0 Å². The van der Waals surface area contributed by atoms with Gasteiger partial charge in [0.05, 0.1) is 37.5 Å². The largest absolute Gasteiger partial charge is 0.497 e. The summed E-state index contributed by atoms with van der Waals surface area (Å²) in [5.74, 6) is 1.90. The van der Waals surface area contributed by atoms with Crippen LogP contribution < -0.4 is 9.47 Å². The molecule has 0 radical (unpaired) electrons. The lowest BCUT2D eigenvalue weighted by Gasteiger charge is -2.13. The van der Waals surface area contributed by atoms with Gasteiger partial charge in [-0.25, -0.2) is 0 Å². The normalized spacial score (nSPS) is 11.0. The van der Waals surface area contributed by atoms with E-state index in [-0.39, 0.29) is 0 Å². The third-order valence-electron chi connectivity index (χ3n) is 3.85. The molecule has 0 N–H and O–H groups in total. The maximum Gasteiger partial charge on any atom is 0.137 e. The van der Waals surface area contributed by atoms with Crippen LogP contribution >= 0.6 is 0 Å². The van der Waals surface area contributed by atoms with Gasteiger partial charge in [-0.3, -0.25) is 9.97 Å². The molecule has 2 heterocycles. The summed E-state index contributed by atoms with van der Waals surface area (Å²) in [5, 5.41) is 2.26. The third-order valence-corrected chi connectivity index (χ3v) is 3.85. The number of hydrogen-bond acceptors (Lipinski definition) is 4. The Morgan fingerprint density at radius 1 is 0.870 bits per heavy atom. The van der Waals surface area contributed by atoms with Crippen molar-refractivity contribution in [3.63, 3.8) is 0 Å². The average molecular weight is 308 g/mol. The van der Waals surface area contributed by atoms with E-state index in [1.807, 2.05) is 24.3 Å². The summed E-state index contributed by atoms with van der Waals surface area (Å²) in [7, 11) is 3.31. The molecule has 118 valence electrons. The van der Waals surface area contributed by atoms with E-state index < -0.39 is 0 Å². The minimum atomic E-state index is 0.323. The highest BCUT2D eigenvalue weighted by molar-refractivity contribution is 5.89. The molecule has 0 fully saturated rings. The number of benzene rings is 1. The first-order valence-corrected chi connectivity index (χ1v) is 7.61. The Balaban J connectivity index is 2.19. The fraction of sp³-hybridized carbons (Fsp3) is 0.263. The number of aromatic nitrogens is 2. The first-order chi connectivity index (χ1) is 11.1. The Hall–Kier alpha value is -2.62. The summed E-state index contributed by atoms with van der Waals surface area (Å²) in [5.41, 5.74) is 2.76. The second-order valence-corrected chi connectivity index (χ2v) is 5.72. The van der Waals surface area contributed by atoms with E-state index in [0.717, 1.165) is 39.4 Å². The molecule has 1 aromatic carbocycles. The van der Waals surface area contributed by atoms with Crippen LogP contribution in [0.1, 0.15) is 25.5 Å². The quantitative estimate of drug-likeness (QED) is 0.715. The van der Waals surface area contributed by atoms with Gasteiger partial charge in [0.15, 0.2) is 0 Å². The minimum Gasteiger partial charge on any atom is -0.497 e. The van der Waals surface area contributed by atoms with E-state index in [9.17, 15) is 0 Å². The lowest BCUT2D eigenvalue weighted by molar-refractivity contribution is 0.413. The molecule has 0 amide bonds. The fourth-order valence-corrected chi connectivity index (χ4v) is 2.61. The number of fused-ring (bicyclic) bond motifs is 1. The number of pyridine rings is 2. The smallest absolute Gasteiger partial charge is 0.137 e. The standard InChI is InChI=1S/C19H20N2O2/c1-12(2)19-16-7-5-14(22-3)9-13(16)10-18(21-19)17-8-6-15(23-4)11-20-17/h5-12H,1-4H3. The molecule has 0 atom stereocenters. The van der Waals surface area contributed by atoms with E-state index in [1.54, 1.807) is 20.4 Å². The highest BCUT2D eigenvalue weighted by atomic mass is 16.5. The number of rotatable bonds is 4. The zero-order chi connectivity index (χ0) is 16.4. The highest BCUT2D eigenvalue weighted by Crippen LogP contribution is 2.30. The topological polar surface area (TPSA) is 44.2 Å². The predicted octanol–water partition coefficient (Wildman–Crippen LogP) is 4.44. The summed E-state index contributed by atoms with van der Waals surface area (Å²) in [6.07, 6.45) is 1.71. The van der Waals surface area contributed by atoms with Crippen molar-refractivity contribution in [3.8, 4) is 22.9 Å². The van der Waals surface area contributed by atoms with Crippen LogP contribution in [-0.2, 0) is 0 Å². The molecule has 0 saturated carbocycles. The van der Waals surface area contributed by atoms with Gasteiger partial charge in [0, 0.05) is 5.39 Å². The van der Waals surface area contributed by atoms with Crippen LogP contribution in [0.25, 0.3) is 22.2 Å². The molecule has 0 aliphatic carbocycles. The maximum absolute atomic E-state index is 5.35. The Labute approximate surface area is 136 Å². The van der Waals surface area contributed by atoms with Crippen molar-refractivity contribution in [2.24, 2.45) is 0 Å². The van der Waals surface area contributed by atoms with Crippen molar-refractivity contribution < 1.29 is 9.47 Å². The number of hydrogen-bond donors (Lipinski definition) is 0. The molecule has 2 aromatic heterocycles. The molecule has 3 rings (SSSR count). The molecule has 4 nitrogen and oxygen atoms in total. The Bertz CT molecular complexity index is 827. The maximum atomic E-state index is 5.35. The SMILES string of the molecule is COc1ccc(-c2cc3cc(OC)ccc3c(C(C)C)n2)nc1. The first-order valence-electron chi connectivity index (χ1n) is 7.61. The Morgan fingerprint density at radius 2 is 1.61 bits per heavy atom. The lowest BCUT2D eigenvalue weighted by atomic mass is 10.0. The van der Waals surface area contributed by atoms with Crippen LogP contribution in [0.3, 0.4) is 0 Å². The second kappa shape index (κ2) is 6.24. The summed E-state index contributed by atoms with van der Waals surface area (Å²) in [6, 6.07) is 12.0. The second-order valence-electron chi connectivity index (χ2n) is 5.72. The van der Waals surface area contributed by atoms with Crippen molar-refractivity contribution in [1.82, 2.24) is 9.97 Å². The zero-order valence-electron chi connectivity index (χ0n) is 13.8. The monoisotopic (exact) mass is 308 g/mol. The summed E-state index contributed by atoms with van der Waals surface area (Å²) >= 11 is 0. The van der Waals surface area contributed by atoms with Crippen LogP contribution in [0.5, 0.6) is 11.5 Å². The van der Waals surface area contributed by atoms with E-state index in [2.05, 4.69) is 31.0 Å². The van der Waals surface area contributed by atoms with E-state index in [4.69, 9.17) is 14.5 Å². The van der Waals surface area contributed by atoms with Gasteiger partial charge in [-0.1, -0.05) is 13.8 Å². The van der Waals surface area contributed by atoms with Crippen LogP contribution in [0.15, 0.2) is 42.6 Å². The number of nitrogens with zero attached hydrogens (tertiary/aromatic N) is 2. The molecular weight excluding hydrogens is 288 g/mol. The molecule has 4 heteroatoms. The third kappa shape index (κ3) is 2.97. The molecule has 3 aromatic rings. The first kappa shape index (κ1) is 15.3. The lowest BCUT2D eigenvalue weighted by Crippen LogP contribution is -1.98. The highest BCUT2D eigenvalue weighted by Gasteiger charge is 2.12.